The number of likely N-dealkylation sites (tertiary alicyclic amines) is 1. The predicted molar refractivity (Wildman–Crippen MR) is 129 cm³/mol. The molecule has 0 spiro atoms. The molecular weight excluding hydrogens is 436 g/mol. The molecule has 8 heteroatoms. The Morgan fingerprint density at radius 1 is 0.941 bits per heavy atom. The Bertz CT molecular complexity index is 980. The maximum Gasteiger partial charge on any atom is 0.253 e. The second kappa shape index (κ2) is 11.1. The van der Waals surface area contributed by atoms with Crippen LogP contribution in [-0.2, 0) is 4.79 Å². The molecule has 34 heavy (non-hydrogen) atoms. The summed E-state index contributed by atoms with van der Waals surface area (Å²) in [5.74, 6) is 1.67. The summed E-state index contributed by atoms with van der Waals surface area (Å²) in [6, 6.07) is 10.7. The lowest BCUT2D eigenvalue weighted by Gasteiger charge is -2.21. The first-order valence-electron chi connectivity index (χ1n) is 11.3. The van der Waals surface area contributed by atoms with E-state index in [4.69, 9.17) is 18.9 Å². The molecule has 2 amide bonds. The molecule has 0 unspecified atom stereocenters. The minimum Gasteiger partial charge on any atom is -0.497 e. The zero-order chi connectivity index (χ0) is 24.8. The monoisotopic (exact) mass is 470 g/mol. The van der Waals surface area contributed by atoms with Crippen LogP contribution in [0.3, 0.4) is 0 Å². The van der Waals surface area contributed by atoms with Crippen LogP contribution in [0.1, 0.15) is 35.7 Å². The standard InChI is InChI=1S/C26H34N2O6/c1-16(2)13-27-25(29)21-15-28(26(30)17-7-9-19(31-3)10-8-17)14-20(21)18-11-22(32-4)24(34-6)23(12-18)33-5/h7-12,16,20-21H,13-15H2,1-6H3,(H,27,29)/t20-,21+/m1/s1. The van der Waals surface area contributed by atoms with Crippen LogP contribution in [-0.4, -0.2) is 64.8 Å². The van der Waals surface area contributed by atoms with Gasteiger partial charge in [-0.1, -0.05) is 13.8 Å². The first-order chi connectivity index (χ1) is 16.3. The Hall–Kier alpha value is -3.42. The van der Waals surface area contributed by atoms with E-state index in [1.54, 1.807) is 57.6 Å². The molecule has 0 bridgehead atoms. The van der Waals surface area contributed by atoms with Gasteiger partial charge in [0.1, 0.15) is 5.75 Å². The third-order valence-electron chi connectivity index (χ3n) is 6.08. The van der Waals surface area contributed by atoms with Gasteiger partial charge in [0.25, 0.3) is 5.91 Å². The van der Waals surface area contributed by atoms with Crippen LogP contribution in [0.4, 0.5) is 0 Å². The molecule has 1 aliphatic heterocycles. The maximum atomic E-state index is 13.3. The topological polar surface area (TPSA) is 86.3 Å². The van der Waals surface area contributed by atoms with Crippen molar-refractivity contribution in [3.8, 4) is 23.0 Å². The van der Waals surface area contributed by atoms with Gasteiger partial charge in [-0.2, -0.15) is 0 Å². The van der Waals surface area contributed by atoms with Crippen LogP contribution in [0, 0.1) is 11.8 Å². The zero-order valence-corrected chi connectivity index (χ0v) is 20.7. The lowest BCUT2D eigenvalue weighted by molar-refractivity contribution is -0.125. The maximum absolute atomic E-state index is 13.3. The SMILES string of the molecule is COc1ccc(C(=O)N2C[C@H](C(=O)NCC(C)C)[C@@H](c3cc(OC)c(OC)c(OC)c3)C2)cc1. The lowest BCUT2D eigenvalue weighted by Crippen LogP contribution is -2.37. The number of ether oxygens (including phenoxy) is 4. The van der Waals surface area contributed by atoms with Crippen molar-refractivity contribution >= 4 is 11.8 Å². The summed E-state index contributed by atoms with van der Waals surface area (Å²) in [5.41, 5.74) is 1.40. The molecule has 2 aromatic rings. The van der Waals surface area contributed by atoms with Crippen molar-refractivity contribution in [1.29, 1.82) is 0 Å². The minimum absolute atomic E-state index is 0.0718. The zero-order valence-electron chi connectivity index (χ0n) is 20.7. The summed E-state index contributed by atoms with van der Waals surface area (Å²) >= 11 is 0. The van der Waals surface area contributed by atoms with Gasteiger partial charge in [-0.15, -0.1) is 0 Å². The fourth-order valence-electron chi connectivity index (χ4n) is 4.24. The number of nitrogens with one attached hydrogen (secondary N) is 1. The van der Waals surface area contributed by atoms with E-state index in [2.05, 4.69) is 5.32 Å². The highest BCUT2D eigenvalue weighted by Crippen LogP contribution is 2.43. The Morgan fingerprint density at radius 3 is 2.06 bits per heavy atom. The van der Waals surface area contributed by atoms with E-state index in [1.165, 1.54) is 0 Å². The Morgan fingerprint density at radius 2 is 1.56 bits per heavy atom. The van der Waals surface area contributed by atoms with Crippen LogP contribution in [0.2, 0.25) is 0 Å². The van der Waals surface area contributed by atoms with E-state index in [0.29, 0.717) is 54.1 Å². The van der Waals surface area contributed by atoms with Gasteiger partial charge in [0.15, 0.2) is 11.5 Å². The van der Waals surface area contributed by atoms with Crippen LogP contribution >= 0.6 is 0 Å². The van der Waals surface area contributed by atoms with E-state index < -0.39 is 5.92 Å². The third-order valence-corrected chi connectivity index (χ3v) is 6.08. The molecule has 1 aliphatic rings. The normalized spacial score (nSPS) is 17.4. The molecule has 1 N–H and O–H groups in total. The summed E-state index contributed by atoms with van der Waals surface area (Å²) < 4.78 is 21.7. The predicted octanol–water partition coefficient (Wildman–Crippen LogP) is 3.35. The summed E-state index contributed by atoms with van der Waals surface area (Å²) in [6.45, 7) is 5.37. The average molecular weight is 471 g/mol. The fourth-order valence-corrected chi connectivity index (χ4v) is 4.24. The smallest absolute Gasteiger partial charge is 0.253 e. The van der Waals surface area contributed by atoms with Crippen molar-refractivity contribution in [3.63, 3.8) is 0 Å². The molecule has 0 saturated carbocycles. The lowest BCUT2D eigenvalue weighted by atomic mass is 9.87. The number of rotatable bonds is 9. The van der Waals surface area contributed by atoms with Gasteiger partial charge >= 0.3 is 0 Å². The summed E-state index contributed by atoms with van der Waals surface area (Å²) in [7, 11) is 6.25. The number of hydrogen-bond donors (Lipinski definition) is 1. The highest BCUT2D eigenvalue weighted by molar-refractivity contribution is 5.95. The van der Waals surface area contributed by atoms with Crippen molar-refractivity contribution < 1.29 is 28.5 Å². The molecule has 2 aromatic carbocycles. The number of hydrogen-bond acceptors (Lipinski definition) is 6. The van der Waals surface area contributed by atoms with Gasteiger partial charge < -0.3 is 29.2 Å². The molecule has 1 fully saturated rings. The van der Waals surface area contributed by atoms with Gasteiger partial charge in [0.05, 0.1) is 34.4 Å². The molecule has 0 aliphatic carbocycles. The van der Waals surface area contributed by atoms with Crippen LogP contribution in [0.15, 0.2) is 36.4 Å². The number of carbonyl (C=O) groups excluding carboxylic acids is 2. The van der Waals surface area contributed by atoms with Gasteiger partial charge in [0.2, 0.25) is 11.7 Å². The molecule has 184 valence electrons. The van der Waals surface area contributed by atoms with Crippen molar-refractivity contribution in [2.24, 2.45) is 11.8 Å². The second-order valence-electron chi connectivity index (χ2n) is 8.75. The highest BCUT2D eigenvalue weighted by atomic mass is 16.5. The number of benzene rings is 2. The van der Waals surface area contributed by atoms with E-state index in [-0.39, 0.29) is 17.7 Å². The third kappa shape index (κ3) is 5.38. The van der Waals surface area contributed by atoms with Crippen molar-refractivity contribution in [1.82, 2.24) is 10.2 Å². The van der Waals surface area contributed by atoms with E-state index in [1.807, 2.05) is 26.0 Å². The Balaban J connectivity index is 1.95. The Kier molecular flexibility index (Phi) is 8.26. The molecule has 1 heterocycles. The van der Waals surface area contributed by atoms with Gasteiger partial charge in [-0.25, -0.2) is 0 Å². The molecule has 3 rings (SSSR count). The highest BCUT2D eigenvalue weighted by Gasteiger charge is 2.41. The second-order valence-corrected chi connectivity index (χ2v) is 8.75. The van der Waals surface area contributed by atoms with E-state index in [9.17, 15) is 9.59 Å². The molecule has 1 saturated heterocycles. The van der Waals surface area contributed by atoms with Crippen molar-refractivity contribution in [2.45, 2.75) is 19.8 Å². The number of amides is 2. The fraction of sp³-hybridized carbons (Fsp3) is 0.462. The summed E-state index contributed by atoms with van der Waals surface area (Å²) in [5, 5.41) is 3.04. The van der Waals surface area contributed by atoms with E-state index in [0.717, 1.165) is 5.56 Å². The molecule has 8 nitrogen and oxygen atoms in total. The first kappa shape index (κ1) is 25.2. The molecule has 0 radical (unpaired) electrons. The van der Waals surface area contributed by atoms with Gasteiger partial charge in [-0.05, 0) is 47.9 Å². The number of nitrogens with zero attached hydrogens (tertiary/aromatic N) is 1. The molecular formula is C26H34N2O6. The first-order valence-corrected chi connectivity index (χ1v) is 11.3. The van der Waals surface area contributed by atoms with Crippen LogP contribution in [0.25, 0.3) is 0 Å². The molecule has 2 atom stereocenters. The molecule has 0 aromatic heterocycles. The Labute approximate surface area is 201 Å². The quantitative estimate of drug-likeness (QED) is 0.605. The summed E-state index contributed by atoms with van der Waals surface area (Å²) in [4.78, 5) is 28.2. The van der Waals surface area contributed by atoms with Gasteiger partial charge in [-0.3, -0.25) is 9.59 Å². The van der Waals surface area contributed by atoms with Crippen LogP contribution < -0.4 is 24.3 Å². The largest absolute Gasteiger partial charge is 0.497 e. The van der Waals surface area contributed by atoms with E-state index >= 15 is 0 Å². The average Bonchev–Trinajstić information content (AvgIpc) is 3.31. The van der Waals surface area contributed by atoms with Crippen molar-refractivity contribution in [3.05, 3.63) is 47.5 Å². The minimum atomic E-state index is -0.413. The van der Waals surface area contributed by atoms with Gasteiger partial charge in [0, 0.05) is 31.1 Å². The summed E-state index contributed by atoms with van der Waals surface area (Å²) in [6.07, 6.45) is 0. The van der Waals surface area contributed by atoms with Crippen molar-refractivity contribution in [2.75, 3.05) is 48.1 Å². The van der Waals surface area contributed by atoms with Crippen LogP contribution in [0.5, 0.6) is 23.0 Å². The number of methoxy groups -OCH3 is 4. The number of carbonyl (C=O) groups is 2.